The lowest BCUT2D eigenvalue weighted by atomic mass is 9.89. The Morgan fingerprint density at radius 1 is 1.12 bits per heavy atom. The molecule has 0 aliphatic heterocycles. The summed E-state index contributed by atoms with van der Waals surface area (Å²) in [5, 5.41) is 14.3. The molecule has 8 heteroatoms. The van der Waals surface area contributed by atoms with Crippen molar-refractivity contribution in [3.05, 3.63) is 35.9 Å². The molecule has 138 valence electrons. The molecule has 1 aliphatic rings. The number of anilines is 1. The number of aromatic nitrogens is 2. The Labute approximate surface area is 161 Å². The molecule has 1 saturated carbocycles. The van der Waals surface area contributed by atoms with Crippen LogP contribution in [0.4, 0.5) is 5.13 Å². The summed E-state index contributed by atoms with van der Waals surface area (Å²) in [6.07, 6.45) is 5.36. The molecular formula is C18H22N4O2S2. The highest BCUT2D eigenvalue weighted by Gasteiger charge is 2.22. The van der Waals surface area contributed by atoms with E-state index < -0.39 is 0 Å². The lowest BCUT2D eigenvalue weighted by molar-refractivity contribution is -0.121. The van der Waals surface area contributed by atoms with Crippen LogP contribution in [-0.2, 0) is 16.1 Å². The molecule has 26 heavy (non-hydrogen) atoms. The predicted molar refractivity (Wildman–Crippen MR) is 104 cm³/mol. The van der Waals surface area contributed by atoms with E-state index in [0.717, 1.165) is 31.2 Å². The molecule has 6 nitrogen and oxygen atoms in total. The van der Waals surface area contributed by atoms with Gasteiger partial charge in [0.2, 0.25) is 16.9 Å². The first-order valence-electron chi connectivity index (χ1n) is 8.78. The third-order valence-corrected chi connectivity index (χ3v) is 6.24. The molecule has 0 radical (unpaired) electrons. The highest BCUT2D eigenvalue weighted by atomic mass is 32.2. The lowest BCUT2D eigenvalue weighted by Gasteiger charge is -2.19. The van der Waals surface area contributed by atoms with Crippen molar-refractivity contribution in [3.63, 3.8) is 0 Å². The topological polar surface area (TPSA) is 84.0 Å². The van der Waals surface area contributed by atoms with Gasteiger partial charge in [-0.3, -0.25) is 9.59 Å². The standard InChI is InChI=1S/C18H22N4O2S2/c23-15(19-11-13-7-3-1-4-8-13)12-25-18-22-21-17(26-18)20-16(24)14-9-5-2-6-10-14/h1,3-4,7-8,14H,2,5-6,9-12H2,(H,19,23)(H,20,21,24). The average molecular weight is 391 g/mol. The Kier molecular flexibility index (Phi) is 7.02. The van der Waals surface area contributed by atoms with Crippen molar-refractivity contribution < 1.29 is 9.59 Å². The maximum Gasteiger partial charge on any atom is 0.230 e. The van der Waals surface area contributed by atoms with Crippen LogP contribution in [0.15, 0.2) is 34.7 Å². The van der Waals surface area contributed by atoms with Crippen LogP contribution in [0.3, 0.4) is 0 Å². The van der Waals surface area contributed by atoms with Gasteiger partial charge in [0.25, 0.3) is 0 Å². The van der Waals surface area contributed by atoms with Gasteiger partial charge >= 0.3 is 0 Å². The molecule has 1 aromatic carbocycles. The molecule has 1 aliphatic carbocycles. The van der Waals surface area contributed by atoms with Gasteiger partial charge in [0.1, 0.15) is 0 Å². The lowest BCUT2D eigenvalue weighted by Crippen LogP contribution is -2.24. The van der Waals surface area contributed by atoms with E-state index in [4.69, 9.17) is 0 Å². The third-order valence-electron chi connectivity index (χ3n) is 4.27. The fourth-order valence-corrected chi connectivity index (χ4v) is 4.45. The molecular weight excluding hydrogens is 368 g/mol. The van der Waals surface area contributed by atoms with Gasteiger partial charge in [0.15, 0.2) is 4.34 Å². The number of rotatable bonds is 7. The van der Waals surface area contributed by atoms with Gasteiger partial charge in [-0.25, -0.2) is 0 Å². The van der Waals surface area contributed by atoms with Crippen LogP contribution >= 0.6 is 23.1 Å². The van der Waals surface area contributed by atoms with Crippen molar-refractivity contribution in [1.82, 2.24) is 15.5 Å². The Morgan fingerprint density at radius 2 is 1.88 bits per heavy atom. The minimum Gasteiger partial charge on any atom is -0.351 e. The predicted octanol–water partition coefficient (Wildman–Crippen LogP) is 3.47. The third kappa shape index (κ3) is 5.81. The average Bonchev–Trinajstić information content (AvgIpc) is 3.13. The summed E-state index contributed by atoms with van der Waals surface area (Å²) >= 11 is 2.64. The number of benzene rings is 1. The molecule has 1 heterocycles. The van der Waals surface area contributed by atoms with E-state index in [1.54, 1.807) is 0 Å². The number of carbonyl (C=O) groups is 2. The van der Waals surface area contributed by atoms with Crippen molar-refractivity contribution in [2.45, 2.75) is 43.0 Å². The van der Waals surface area contributed by atoms with E-state index in [9.17, 15) is 9.59 Å². The van der Waals surface area contributed by atoms with Crippen LogP contribution in [0.5, 0.6) is 0 Å². The minimum absolute atomic E-state index is 0.0398. The maximum absolute atomic E-state index is 12.2. The van der Waals surface area contributed by atoms with Gasteiger partial charge in [-0.2, -0.15) is 0 Å². The second-order valence-corrected chi connectivity index (χ2v) is 8.45. The van der Waals surface area contributed by atoms with E-state index in [-0.39, 0.29) is 23.5 Å². The molecule has 2 amide bonds. The molecule has 2 aromatic rings. The van der Waals surface area contributed by atoms with Crippen molar-refractivity contribution in [3.8, 4) is 0 Å². The van der Waals surface area contributed by atoms with E-state index in [1.807, 2.05) is 30.3 Å². The van der Waals surface area contributed by atoms with Crippen LogP contribution in [-0.4, -0.2) is 27.8 Å². The number of hydrogen-bond donors (Lipinski definition) is 2. The molecule has 2 N–H and O–H groups in total. The Morgan fingerprint density at radius 3 is 2.65 bits per heavy atom. The van der Waals surface area contributed by atoms with Crippen molar-refractivity contribution in [2.75, 3.05) is 11.1 Å². The van der Waals surface area contributed by atoms with Crippen LogP contribution in [0, 0.1) is 5.92 Å². The van der Waals surface area contributed by atoms with Crippen molar-refractivity contribution in [2.24, 2.45) is 5.92 Å². The van der Waals surface area contributed by atoms with Crippen LogP contribution < -0.4 is 10.6 Å². The first kappa shape index (κ1) is 18.8. The van der Waals surface area contributed by atoms with Gasteiger partial charge in [-0.05, 0) is 18.4 Å². The second kappa shape index (κ2) is 9.68. The van der Waals surface area contributed by atoms with Gasteiger partial charge in [-0.15, -0.1) is 10.2 Å². The quantitative estimate of drug-likeness (QED) is 0.559. The summed E-state index contributed by atoms with van der Waals surface area (Å²) in [5.41, 5.74) is 1.06. The normalized spacial score (nSPS) is 14.8. The van der Waals surface area contributed by atoms with Gasteiger partial charge in [-0.1, -0.05) is 72.7 Å². The number of amides is 2. The Hall–Kier alpha value is -1.93. The highest BCUT2D eigenvalue weighted by Crippen LogP contribution is 2.28. The molecule has 0 atom stereocenters. The minimum atomic E-state index is -0.0538. The number of thioether (sulfide) groups is 1. The van der Waals surface area contributed by atoms with Gasteiger partial charge < -0.3 is 10.6 Å². The van der Waals surface area contributed by atoms with E-state index >= 15 is 0 Å². The summed E-state index contributed by atoms with van der Waals surface area (Å²) in [7, 11) is 0. The maximum atomic E-state index is 12.2. The summed E-state index contributed by atoms with van der Waals surface area (Å²) < 4.78 is 0.679. The summed E-state index contributed by atoms with van der Waals surface area (Å²) in [6.45, 7) is 0.513. The van der Waals surface area contributed by atoms with Gasteiger partial charge in [0.05, 0.1) is 5.75 Å². The fourth-order valence-electron chi connectivity index (χ4n) is 2.87. The monoisotopic (exact) mass is 390 g/mol. The molecule has 0 bridgehead atoms. The Balaban J connectivity index is 1.40. The smallest absolute Gasteiger partial charge is 0.230 e. The number of nitrogens with zero attached hydrogens (tertiary/aromatic N) is 2. The van der Waals surface area contributed by atoms with Crippen molar-refractivity contribution in [1.29, 1.82) is 0 Å². The molecule has 0 saturated heterocycles. The first-order chi connectivity index (χ1) is 12.7. The van der Waals surface area contributed by atoms with Crippen molar-refractivity contribution >= 4 is 40.0 Å². The molecule has 3 rings (SSSR count). The fraction of sp³-hybridized carbons (Fsp3) is 0.444. The zero-order valence-electron chi connectivity index (χ0n) is 14.4. The van der Waals surface area contributed by atoms with E-state index in [1.165, 1.54) is 29.5 Å². The first-order valence-corrected chi connectivity index (χ1v) is 10.6. The summed E-state index contributed by atoms with van der Waals surface area (Å²) in [4.78, 5) is 24.2. The zero-order valence-corrected chi connectivity index (χ0v) is 16.1. The second-order valence-electron chi connectivity index (χ2n) is 6.25. The summed E-state index contributed by atoms with van der Waals surface area (Å²) in [6, 6.07) is 9.78. The zero-order chi connectivity index (χ0) is 18.2. The van der Waals surface area contributed by atoms with Crippen LogP contribution in [0.25, 0.3) is 0 Å². The van der Waals surface area contributed by atoms with Crippen LogP contribution in [0.1, 0.15) is 37.7 Å². The van der Waals surface area contributed by atoms with E-state index in [2.05, 4.69) is 20.8 Å². The molecule has 1 aromatic heterocycles. The van der Waals surface area contributed by atoms with Gasteiger partial charge in [0, 0.05) is 12.5 Å². The summed E-state index contributed by atoms with van der Waals surface area (Å²) in [5.74, 6) is 0.352. The number of carbonyl (C=O) groups excluding carboxylic acids is 2. The molecule has 1 fully saturated rings. The SMILES string of the molecule is O=C(CSc1nnc(NC(=O)C2CCCCC2)s1)NCc1ccccc1. The highest BCUT2D eigenvalue weighted by molar-refractivity contribution is 8.01. The molecule has 0 spiro atoms. The Bertz CT molecular complexity index is 730. The number of hydrogen-bond acceptors (Lipinski definition) is 6. The molecule has 0 unspecified atom stereocenters. The van der Waals surface area contributed by atoms with E-state index in [0.29, 0.717) is 16.0 Å². The number of nitrogens with one attached hydrogen (secondary N) is 2. The van der Waals surface area contributed by atoms with Crippen LogP contribution in [0.2, 0.25) is 0 Å². The largest absolute Gasteiger partial charge is 0.351 e.